The fourth-order valence-corrected chi connectivity index (χ4v) is 3.36. The van der Waals surface area contributed by atoms with Gasteiger partial charge in [-0.2, -0.15) is 0 Å². The maximum atomic E-state index is 12.0. The molecule has 0 aliphatic rings. The van der Waals surface area contributed by atoms with E-state index < -0.39 is 10.0 Å². The first kappa shape index (κ1) is 13.8. The predicted octanol–water partition coefficient (Wildman–Crippen LogP) is 1.35. The lowest BCUT2D eigenvalue weighted by Crippen LogP contribution is -2.12. The van der Waals surface area contributed by atoms with Crippen LogP contribution in [0.1, 0.15) is 0 Å². The van der Waals surface area contributed by atoms with Crippen molar-refractivity contribution < 1.29 is 13.5 Å². The Labute approximate surface area is 115 Å². The van der Waals surface area contributed by atoms with Gasteiger partial charge in [-0.05, 0) is 12.1 Å². The van der Waals surface area contributed by atoms with Gasteiger partial charge in [0.15, 0.2) is 5.13 Å². The molecule has 1 aromatic carbocycles. The lowest BCUT2D eigenvalue weighted by atomic mass is 10.4. The number of thiazole rings is 1. The third kappa shape index (κ3) is 3.66. The zero-order valence-corrected chi connectivity index (χ0v) is 11.5. The normalized spacial score (nSPS) is 11.2. The molecule has 0 aliphatic carbocycles. The summed E-state index contributed by atoms with van der Waals surface area (Å²) in [6, 6.07) is 8.09. The molecule has 1 heterocycles. The monoisotopic (exact) mass is 299 g/mol. The number of hydrogen-bond donors (Lipinski definition) is 3. The Balaban J connectivity index is 2.10. The highest BCUT2D eigenvalue weighted by Gasteiger charge is 2.15. The summed E-state index contributed by atoms with van der Waals surface area (Å²) in [7, 11) is -3.60. The number of aliphatic hydroxyl groups is 1. The van der Waals surface area contributed by atoms with Crippen LogP contribution in [0.2, 0.25) is 0 Å². The van der Waals surface area contributed by atoms with Gasteiger partial charge < -0.3 is 10.4 Å². The smallest absolute Gasteiger partial charge is 0.263 e. The third-order valence-electron chi connectivity index (χ3n) is 2.19. The van der Waals surface area contributed by atoms with Gasteiger partial charge in [0.25, 0.3) is 10.0 Å². The average Bonchev–Trinajstić information content (AvgIpc) is 2.84. The molecule has 3 N–H and O–H groups in total. The molecule has 2 aromatic rings. The lowest BCUT2D eigenvalue weighted by Gasteiger charge is -2.04. The van der Waals surface area contributed by atoms with Crippen LogP contribution in [0.15, 0.2) is 41.4 Å². The molecule has 0 atom stereocenters. The molecule has 0 bridgehead atoms. The molecule has 2 rings (SSSR count). The fraction of sp³-hybridized carbons (Fsp3) is 0.182. The number of aliphatic hydroxyl groups excluding tert-OH is 1. The Morgan fingerprint density at radius 3 is 2.68 bits per heavy atom. The van der Waals surface area contributed by atoms with Crippen LogP contribution in [0.25, 0.3) is 0 Å². The SMILES string of the molecule is O=S(=O)(Nc1ncc(NCCO)s1)c1ccccc1. The van der Waals surface area contributed by atoms with Gasteiger partial charge in [-0.3, -0.25) is 4.72 Å². The second-order valence-corrected chi connectivity index (χ2v) is 6.31. The van der Waals surface area contributed by atoms with Crippen molar-refractivity contribution >= 4 is 31.5 Å². The molecule has 8 heteroatoms. The minimum Gasteiger partial charge on any atom is -0.395 e. The van der Waals surface area contributed by atoms with Crippen molar-refractivity contribution in [1.82, 2.24) is 4.98 Å². The average molecular weight is 299 g/mol. The van der Waals surface area contributed by atoms with Crippen LogP contribution in [0, 0.1) is 0 Å². The molecule has 19 heavy (non-hydrogen) atoms. The van der Waals surface area contributed by atoms with Gasteiger partial charge in [-0.25, -0.2) is 13.4 Å². The maximum absolute atomic E-state index is 12.0. The van der Waals surface area contributed by atoms with Crippen LogP contribution >= 0.6 is 11.3 Å². The molecule has 0 saturated carbocycles. The van der Waals surface area contributed by atoms with Crippen molar-refractivity contribution in [2.45, 2.75) is 4.90 Å². The number of nitrogens with one attached hydrogen (secondary N) is 2. The van der Waals surface area contributed by atoms with E-state index in [-0.39, 0.29) is 16.6 Å². The summed E-state index contributed by atoms with van der Waals surface area (Å²) < 4.78 is 26.4. The minimum atomic E-state index is -3.60. The third-order valence-corrected chi connectivity index (χ3v) is 4.55. The highest BCUT2D eigenvalue weighted by molar-refractivity contribution is 7.93. The maximum Gasteiger partial charge on any atom is 0.263 e. The largest absolute Gasteiger partial charge is 0.395 e. The van der Waals surface area contributed by atoms with Crippen molar-refractivity contribution in [2.75, 3.05) is 23.2 Å². The minimum absolute atomic E-state index is 0.00295. The van der Waals surface area contributed by atoms with Crippen molar-refractivity contribution in [3.05, 3.63) is 36.5 Å². The Kier molecular flexibility index (Phi) is 4.35. The number of nitrogens with zero attached hydrogens (tertiary/aromatic N) is 1. The van der Waals surface area contributed by atoms with Crippen LogP contribution in [-0.4, -0.2) is 31.7 Å². The van der Waals surface area contributed by atoms with Crippen LogP contribution in [0.3, 0.4) is 0 Å². The van der Waals surface area contributed by atoms with Crippen LogP contribution in [0.4, 0.5) is 10.1 Å². The van der Waals surface area contributed by atoms with E-state index in [1.807, 2.05) is 0 Å². The molecule has 0 spiro atoms. The van der Waals surface area contributed by atoms with E-state index >= 15 is 0 Å². The molecule has 0 radical (unpaired) electrons. The summed E-state index contributed by atoms with van der Waals surface area (Å²) in [6.07, 6.45) is 1.52. The number of hydrogen-bond acceptors (Lipinski definition) is 6. The van der Waals surface area contributed by atoms with Crippen molar-refractivity contribution in [3.63, 3.8) is 0 Å². The molecule has 1 aromatic heterocycles. The van der Waals surface area contributed by atoms with E-state index in [1.165, 1.54) is 29.7 Å². The number of aromatic nitrogens is 1. The van der Waals surface area contributed by atoms with E-state index in [2.05, 4.69) is 15.0 Å². The van der Waals surface area contributed by atoms with E-state index in [0.29, 0.717) is 11.5 Å². The molecule has 0 saturated heterocycles. The molecular formula is C11H13N3O3S2. The molecule has 0 aliphatic heterocycles. The summed E-state index contributed by atoms with van der Waals surface area (Å²) >= 11 is 1.17. The molecule has 102 valence electrons. The second-order valence-electron chi connectivity index (χ2n) is 3.60. The van der Waals surface area contributed by atoms with E-state index in [0.717, 1.165) is 0 Å². The summed E-state index contributed by atoms with van der Waals surface area (Å²) in [4.78, 5) is 4.15. The van der Waals surface area contributed by atoms with Crippen LogP contribution < -0.4 is 10.0 Å². The number of benzene rings is 1. The van der Waals surface area contributed by atoms with Gasteiger partial charge >= 0.3 is 0 Å². The molecule has 0 amide bonds. The number of anilines is 2. The molecular weight excluding hydrogens is 286 g/mol. The highest BCUT2D eigenvalue weighted by atomic mass is 32.2. The van der Waals surface area contributed by atoms with Crippen molar-refractivity contribution in [1.29, 1.82) is 0 Å². The van der Waals surface area contributed by atoms with E-state index in [1.54, 1.807) is 18.2 Å². The first-order valence-corrected chi connectivity index (χ1v) is 7.80. The summed E-state index contributed by atoms with van der Waals surface area (Å²) in [5, 5.41) is 12.6. The Morgan fingerprint density at radius 2 is 2.00 bits per heavy atom. The summed E-state index contributed by atoms with van der Waals surface area (Å²) in [5.41, 5.74) is 0. The van der Waals surface area contributed by atoms with Gasteiger partial charge in [0.1, 0.15) is 5.00 Å². The zero-order chi connectivity index (χ0) is 13.7. The summed E-state index contributed by atoms with van der Waals surface area (Å²) in [5.74, 6) is 0. The molecule has 6 nitrogen and oxygen atoms in total. The van der Waals surface area contributed by atoms with Crippen LogP contribution in [-0.2, 0) is 10.0 Å². The zero-order valence-electron chi connectivity index (χ0n) is 9.91. The quantitative estimate of drug-likeness (QED) is 0.749. The molecule has 0 fully saturated rings. The Hall–Kier alpha value is -1.64. The second kappa shape index (κ2) is 6.00. The van der Waals surface area contributed by atoms with Crippen LogP contribution in [0.5, 0.6) is 0 Å². The topological polar surface area (TPSA) is 91.3 Å². The fourth-order valence-electron chi connectivity index (χ4n) is 1.36. The Morgan fingerprint density at radius 1 is 1.26 bits per heavy atom. The first-order chi connectivity index (χ1) is 9.12. The van der Waals surface area contributed by atoms with Crippen molar-refractivity contribution in [2.24, 2.45) is 0 Å². The van der Waals surface area contributed by atoms with Gasteiger partial charge in [-0.1, -0.05) is 29.5 Å². The standard InChI is InChI=1S/C11H13N3O3S2/c15-7-6-12-10-8-13-11(18-10)14-19(16,17)9-4-2-1-3-5-9/h1-5,8,12,15H,6-7H2,(H,13,14). The Bertz CT molecular complexity index is 626. The first-order valence-electron chi connectivity index (χ1n) is 5.50. The van der Waals surface area contributed by atoms with Gasteiger partial charge in [0, 0.05) is 6.54 Å². The lowest BCUT2D eigenvalue weighted by molar-refractivity contribution is 0.311. The molecule has 0 unspecified atom stereocenters. The van der Waals surface area contributed by atoms with E-state index in [9.17, 15) is 8.42 Å². The predicted molar refractivity (Wildman–Crippen MR) is 74.9 cm³/mol. The number of sulfonamides is 1. The number of rotatable bonds is 6. The van der Waals surface area contributed by atoms with E-state index in [4.69, 9.17) is 5.11 Å². The van der Waals surface area contributed by atoms with Gasteiger partial charge in [0.2, 0.25) is 0 Å². The highest BCUT2D eigenvalue weighted by Crippen LogP contribution is 2.25. The van der Waals surface area contributed by atoms with Gasteiger partial charge in [0.05, 0.1) is 17.7 Å². The van der Waals surface area contributed by atoms with Gasteiger partial charge in [-0.15, -0.1) is 0 Å². The summed E-state index contributed by atoms with van der Waals surface area (Å²) in [6.45, 7) is 0.399. The van der Waals surface area contributed by atoms with Crippen molar-refractivity contribution in [3.8, 4) is 0 Å².